The van der Waals surface area contributed by atoms with E-state index in [1.54, 1.807) is 6.20 Å². The van der Waals surface area contributed by atoms with Crippen LogP contribution in [-0.4, -0.2) is 10.9 Å². The number of carbonyl (C=O) groups is 1. The van der Waals surface area contributed by atoms with Crippen molar-refractivity contribution in [3.05, 3.63) is 57.8 Å². The number of rotatable bonds is 2. The average molecular weight is 345 g/mol. The molecule has 1 aliphatic rings. The summed E-state index contributed by atoms with van der Waals surface area (Å²) >= 11 is 3.37. The molecule has 0 saturated carbocycles. The Morgan fingerprint density at radius 2 is 2.19 bits per heavy atom. The van der Waals surface area contributed by atoms with Gasteiger partial charge in [-0.05, 0) is 64.9 Å². The van der Waals surface area contributed by atoms with Crippen LogP contribution in [0.1, 0.15) is 35.4 Å². The summed E-state index contributed by atoms with van der Waals surface area (Å²) in [5.74, 6) is 0.00424. The lowest BCUT2D eigenvalue weighted by atomic mass is 9.82. The Morgan fingerprint density at radius 3 is 3.00 bits per heavy atom. The number of benzene rings is 1. The summed E-state index contributed by atoms with van der Waals surface area (Å²) in [6, 6.07) is 10.2. The van der Waals surface area contributed by atoms with Gasteiger partial charge in [0.2, 0.25) is 5.91 Å². The normalized spacial score (nSPS) is 17.1. The van der Waals surface area contributed by atoms with E-state index in [0.29, 0.717) is 0 Å². The molecular formula is C17H17BrN2O. The number of pyridine rings is 1. The Bertz CT molecular complexity index is 684. The highest BCUT2D eigenvalue weighted by Gasteiger charge is 2.26. The van der Waals surface area contributed by atoms with Crippen molar-refractivity contribution in [3.63, 3.8) is 0 Å². The Hall–Kier alpha value is -1.68. The van der Waals surface area contributed by atoms with Gasteiger partial charge in [0, 0.05) is 0 Å². The summed E-state index contributed by atoms with van der Waals surface area (Å²) in [6.45, 7) is 1.96. The Kier molecular flexibility index (Phi) is 4.06. The van der Waals surface area contributed by atoms with Gasteiger partial charge in [-0.2, -0.15) is 0 Å². The number of hydrogen-bond acceptors (Lipinski definition) is 2. The summed E-state index contributed by atoms with van der Waals surface area (Å²) in [7, 11) is 0. The highest BCUT2D eigenvalue weighted by molar-refractivity contribution is 9.10. The number of fused-ring (bicyclic) bond motifs is 1. The number of hydrogen-bond donors (Lipinski definition) is 1. The van der Waals surface area contributed by atoms with Crippen LogP contribution in [0.2, 0.25) is 0 Å². The van der Waals surface area contributed by atoms with Gasteiger partial charge in [-0.3, -0.25) is 4.79 Å². The molecule has 1 N–H and O–H groups in total. The first-order valence-corrected chi connectivity index (χ1v) is 7.95. The van der Waals surface area contributed by atoms with E-state index in [0.717, 1.165) is 35.1 Å². The number of halogens is 1. The molecule has 1 aromatic carbocycles. The predicted molar refractivity (Wildman–Crippen MR) is 87.4 cm³/mol. The molecule has 1 aliphatic carbocycles. The molecule has 3 nitrogen and oxygen atoms in total. The fourth-order valence-electron chi connectivity index (χ4n) is 2.88. The van der Waals surface area contributed by atoms with Gasteiger partial charge < -0.3 is 5.32 Å². The Balaban J connectivity index is 1.81. The van der Waals surface area contributed by atoms with E-state index in [2.05, 4.69) is 38.4 Å². The second-order valence-corrected chi connectivity index (χ2v) is 6.22. The van der Waals surface area contributed by atoms with E-state index in [-0.39, 0.29) is 11.8 Å². The zero-order valence-corrected chi connectivity index (χ0v) is 13.5. The number of aryl methyl sites for hydroxylation is 2. The first kappa shape index (κ1) is 14.3. The van der Waals surface area contributed by atoms with Gasteiger partial charge >= 0.3 is 0 Å². The Labute approximate surface area is 132 Å². The molecule has 1 heterocycles. The summed E-state index contributed by atoms with van der Waals surface area (Å²) in [4.78, 5) is 16.8. The van der Waals surface area contributed by atoms with Crippen LogP contribution in [-0.2, 0) is 11.2 Å². The van der Waals surface area contributed by atoms with Gasteiger partial charge in [-0.15, -0.1) is 0 Å². The van der Waals surface area contributed by atoms with Gasteiger partial charge in [-0.1, -0.05) is 24.3 Å². The third-order valence-electron chi connectivity index (χ3n) is 3.97. The van der Waals surface area contributed by atoms with Crippen molar-refractivity contribution in [2.75, 3.05) is 5.32 Å². The third-order valence-corrected chi connectivity index (χ3v) is 4.80. The Morgan fingerprint density at radius 1 is 1.38 bits per heavy atom. The molecule has 1 unspecified atom stereocenters. The molecule has 2 aromatic rings. The molecule has 1 aromatic heterocycles. The van der Waals surface area contributed by atoms with Gasteiger partial charge in [-0.25, -0.2) is 4.98 Å². The topological polar surface area (TPSA) is 42.0 Å². The van der Waals surface area contributed by atoms with Gasteiger partial charge in [0.05, 0.1) is 17.8 Å². The second kappa shape index (κ2) is 5.98. The number of anilines is 1. The molecule has 0 saturated heterocycles. The van der Waals surface area contributed by atoms with Crippen molar-refractivity contribution in [1.82, 2.24) is 4.98 Å². The second-order valence-electron chi connectivity index (χ2n) is 5.46. The lowest BCUT2D eigenvalue weighted by Crippen LogP contribution is -2.24. The molecule has 0 fully saturated rings. The number of nitrogens with zero attached hydrogens (tertiary/aromatic N) is 1. The van der Waals surface area contributed by atoms with Gasteiger partial charge in [0.1, 0.15) is 4.60 Å². The van der Waals surface area contributed by atoms with Gasteiger partial charge in [0.15, 0.2) is 0 Å². The summed E-state index contributed by atoms with van der Waals surface area (Å²) in [6.07, 6.45) is 4.72. The van der Waals surface area contributed by atoms with E-state index < -0.39 is 0 Å². The fourth-order valence-corrected chi connectivity index (χ4v) is 3.10. The predicted octanol–water partition coefficient (Wildman–Crippen LogP) is 4.21. The molecule has 0 aliphatic heterocycles. The first-order chi connectivity index (χ1) is 10.1. The van der Waals surface area contributed by atoms with Crippen LogP contribution in [0.25, 0.3) is 0 Å². The third kappa shape index (κ3) is 3.00. The SMILES string of the molecule is Cc1cc(NC(=O)C2CCCc3ccccc32)cnc1Br. The van der Waals surface area contributed by atoms with Gasteiger partial charge in [0.25, 0.3) is 0 Å². The highest BCUT2D eigenvalue weighted by Crippen LogP contribution is 2.32. The van der Waals surface area contributed by atoms with Crippen molar-refractivity contribution in [2.24, 2.45) is 0 Å². The number of aromatic nitrogens is 1. The van der Waals surface area contributed by atoms with Crippen molar-refractivity contribution in [2.45, 2.75) is 32.1 Å². The molecular weight excluding hydrogens is 328 g/mol. The molecule has 108 valence electrons. The first-order valence-electron chi connectivity index (χ1n) is 7.16. The zero-order valence-electron chi connectivity index (χ0n) is 11.9. The molecule has 0 spiro atoms. The average Bonchev–Trinajstić information content (AvgIpc) is 2.50. The maximum Gasteiger partial charge on any atom is 0.231 e. The smallest absolute Gasteiger partial charge is 0.231 e. The number of carbonyl (C=O) groups excluding carboxylic acids is 1. The maximum atomic E-state index is 12.6. The van der Waals surface area contributed by atoms with E-state index in [4.69, 9.17) is 0 Å². The van der Waals surface area contributed by atoms with Crippen molar-refractivity contribution in [3.8, 4) is 0 Å². The summed E-state index contributed by atoms with van der Waals surface area (Å²) in [5.41, 5.74) is 4.23. The van der Waals surface area contributed by atoms with Crippen LogP contribution in [0, 0.1) is 6.92 Å². The maximum absolute atomic E-state index is 12.6. The van der Waals surface area contributed by atoms with E-state index in [9.17, 15) is 4.79 Å². The number of amides is 1. The van der Waals surface area contributed by atoms with E-state index in [1.165, 1.54) is 11.1 Å². The van der Waals surface area contributed by atoms with Crippen LogP contribution in [0.3, 0.4) is 0 Å². The summed E-state index contributed by atoms with van der Waals surface area (Å²) in [5, 5.41) is 3.00. The van der Waals surface area contributed by atoms with Crippen molar-refractivity contribution in [1.29, 1.82) is 0 Å². The highest BCUT2D eigenvalue weighted by atomic mass is 79.9. The van der Waals surface area contributed by atoms with Crippen LogP contribution in [0.5, 0.6) is 0 Å². The summed E-state index contributed by atoms with van der Waals surface area (Å²) < 4.78 is 0.809. The molecule has 0 radical (unpaired) electrons. The van der Waals surface area contributed by atoms with E-state index in [1.807, 2.05) is 25.1 Å². The van der Waals surface area contributed by atoms with E-state index >= 15 is 0 Å². The standard InChI is InChI=1S/C17H17BrN2O/c1-11-9-13(10-19-16(11)18)20-17(21)15-8-4-6-12-5-2-3-7-14(12)15/h2-3,5,7,9-10,15H,4,6,8H2,1H3,(H,20,21). The van der Waals surface area contributed by atoms with Crippen LogP contribution >= 0.6 is 15.9 Å². The monoisotopic (exact) mass is 344 g/mol. The molecule has 1 atom stereocenters. The minimum atomic E-state index is -0.0566. The molecule has 4 heteroatoms. The lowest BCUT2D eigenvalue weighted by molar-refractivity contribution is -0.117. The molecule has 3 rings (SSSR count). The largest absolute Gasteiger partial charge is 0.324 e. The van der Waals surface area contributed by atoms with Crippen LogP contribution in [0.15, 0.2) is 41.1 Å². The minimum absolute atomic E-state index is 0.0566. The number of nitrogens with one attached hydrogen (secondary N) is 1. The lowest BCUT2D eigenvalue weighted by Gasteiger charge is -2.24. The zero-order chi connectivity index (χ0) is 14.8. The van der Waals surface area contributed by atoms with Crippen LogP contribution in [0.4, 0.5) is 5.69 Å². The van der Waals surface area contributed by atoms with Crippen molar-refractivity contribution < 1.29 is 4.79 Å². The quantitative estimate of drug-likeness (QED) is 0.829. The van der Waals surface area contributed by atoms with Crippen LogP contribution < -0.4 is 5.32 Å². The molecule has 1 amide bonds. The van der Waals surface area contributed by atoms with Crippen molar-refractivity contribution >= 4 is 27.5 Å². The molecule has 0 bridgehead atoms. The molecule has 21 heavy (non-hydrogen) atoms. The fraction of sp³-hybridized carbons (Fsp3) is 0.294. The minimum Gasteiger partial charge on any atom is -0.324 e.